The third-order valence-corrected chi connectivity index (χ3v) is 10.1. The quantitative estimate of drug-likeness (QED) is 0.482. The summed E-state index contributed by atoms with van der Waals surface area (Å²) in [4.78, 5) is 26.4. The molecule has 7 rings (SSSR count). The number of allylic oxidation sites excluding steroid dienone is 1. The number of rotatable bonds is 0. The predicted octanol–water partition coefficient (Wildman–Crippen LogP) is 4.45. The smallest absolute Gasteiger partial charge is 0.311 e. The van der Waals surface area contributed by atoms with E-state index >= 15 is 0 Å². The lowest BCUT2D eigenvalue weighted by atomic mass is 9.46. The largest absolute Gasteiger partial charge is 0.462 e. The van der Waals surface area contributed by atoms with Crippen LogP contribution in [0.4, 0.5) is 0 Å². The van der Waals surface area contributed by atoms with Gasteiger partial charge in [0.2, 0.25) is 0 Å². The van der Waals surface area contributed by atoms with Crippen LogP contribution in [0.2, 0.25) is 0 Å². The van der Waals surface area contributed by atoms with E-state index in [0.29, 0.717) is 36.4 Å². The molecule has 8 atom stereocenters. The molecule has 7 bridgehead atoms. The first kappa shape index (κ1) is 19.8. The minimum Gasteiger partial charge on any atom is -0.462 e. The van der Waals surface area contributed by atoms with E-state index in [0.717, 1.165) is 38.5 Å². The first-order chi connectivity index (χ1) is 13.5. The third-order valence-electron chi connectivity index (χ3n) is 10.1. The fourth-order valence-corrected chi connectivity index (χ4v) is 7.85. The Labute approximate surface area is 174 Å². The second-order valence-electron chi connectivity index (χ2n) is 11.9. The highest BCUT2D eigenvalue weighted by Gasteiger charge is 2.65. The van der Waals surface area contributed by atoms with Gasteiger partial charge in [0, 0.05) is 23.2 Å². The number of ketones is 1. The lowest BCUT2D eigenvalue weighted by Gasteiger charge is -2.61. The summed E-state index contributed by atoms with van der Waals surface area (Å²) in [5.41, 5.74) is -1.98. The van der Waals surface area contributed by atoms with Crippen molar-refractivity contribution in [2.45, 2.75) is 90.8 Å². The van der Waals surface area contributed by atoms with Gasteiger partial charge in [-0.05, 0) is 76.5 Å². The summed E-state index contributed by atoms with van der Waals surface area (Å²) in [6.07, 6.45) is 10.6. The van der Waals surface area contributed by atoms with Crippen LogP contribution < -0.4 is 0 Å². The minimum absolute atomic E-state index is 0.0537. The number of Topliss-reactive ketones (excluding diaryl/α,β-unsaturated/α-hetero) is 1. The van der Waals surface area contributed by atoms with Gasteiger partial charge in [0.25, 0.3) is 0 Å². The Morgan fingerprint density at radius 2 is 1.76 bits per heavy atom. The number of hydrogen-bond acceptors (Lipinski definition) is 4. The van der Waals surface area contributed by atoms with Crippen LogP contribution in [-0.4, -0.2) is 28.6 Å². The zero-order valence-corrected chi connectivity index (χ0v) is 18.4. The molecule has 2 unspecified atom stereocenters. The Morgan fingerprint density at radius 3 is 2.52 bits per heavy atom. The molecule has 5 fully saturated rings. The number of ether oxygens (including phenoxy) is 1. The Bertz CT molecular complexity index is 784. The first-order valence-corrected chi connectivity index (χ1v) is 11.7. The van der Waals surface area contributed by atoms with E-state index in [-0.39, 0.29) is 28.8 Å². The average Bonchev–Trinajstić information content (AvgIpc) is 2.91. The molecule has 4 heteroatoms. The van der Waals surface area contributed by atoms with Gasteiger partial charge in [0.05, 0.1) is 11.0 Å². The molecule has 2 saturated heterocycles. The van der Waals surface area contributed by atoms with Crippen molar-refractivity contribution >= 4 is 11.8 Å². The van der Waals surface area contributed by atoms with Crippen molar-refractivity contribution in [3.05, 3.63) is 12.2 Å². The van der Waals surface area contributed by atoms with E-state index in [1.165, 1.54) is 0 Å². The molecule has 0 aromatic carbocycles. The number of carbonyl (C=O) groups excluding carboxylic acids is 2. The molecule has 0 radical (unpaired) electrons. The van der Waals surface area contributed by atoms with Crippen molar-refractivity contribution in [3.63, 3.8) is 0 Å². The number of hydrogen-bond donors (Lipinski definition) is 1. The summed E-state index contributed by atoms with van der Waals surface area (Å²) in [7, 11) is 0. The second kappa shape index (κ2) is 5.96. The van der Waals surface area contributed by atoms with Crippen LogP contribution in [0.1, 0.15) is 79.1 Å². The van der Waals surface area contributed by atoms with Crippen molar-refractivity contribution in [2.24, 2.45) is 39.9 Å². The molecule has 3 heterocycles. The van der Waals surface area contributed by atoms with E-state index in [9.17, 15) is 14.7 Å². The van der Waals surface area contributed by atoms with E-state index in [1.54, 1.807) is 0 Å². The van der Waals surface area contributed by atoms with Crippen LogP contribution in [-0.2, 0) is 14.3 Å². The summed E-state index contributed by atoms with van der Waals surface area (Å²) >= 11 is 0. The second-order valence-corrected chi connectivity index (χ2v) is 11.9. The van der Waals surface area contributed by atoms with Gasteiger partial charge in [-0.2, -0.15) is 0 Å². The number of fused-ring (bicyclic) bond motifs is 1. The lowest BCUT2D eigenvalue weighted by molar-refractivity contribution is -0.187. The van der Waals surface area contributed by atoms with E-state index in [2.05, 4.69) is 19.9 Å². The fourth-order valence-electron chi connectivity index (χ4n) is 7.85. The van der Waals surface area contributed by atoms with Crippen LogP contribution in [0.25, 0.3) is 0 Å². The molecule has 3 aliphatic heterocycles. The normalized spacial score (nSPS) is 53.2. The standard InChI is InChI=1S/C25H36O4/c1-22(2)9-5-15-13-19-17-7-12-25(28)14-16(29-21(22)27)6-11-24(25,4)18(17)8-10-23(19,3)20(15)26/h7,12,15-19,28H,5-6,8-11,13-14H2,1-4H3/t15-,16-,17?,18-,19?,23-,24+,25-/m0/s1. The zero-order chi connectivity index (χ0) is 20.8. The third kappa shape index (κ3) is 2.53. The number of esters is 1. The average molecular weight is 401 g/mol. The molecule has 0 spiro atoms. The van der Waals surface area contributed by atoms with Crippen molar-refractivity contribution < 1.29 is 19.4 Å². The highest BCUT2D eigenvalue weighted by atomic mass is 16.5. The van der Waals surface area contributed by atoms with Gasteiger partial charge in [-0.3, -0.25) is 9.59 Å². The summed E-state index contributed by atoms with van der Waals surface area (Å²) in [5, 5.41) is 11.8. The van der Waals surface area contributed by atoms with Gasteiger partial charge in [0.1, 0.15) is 11.9 Å². The molecular weight excluding hydrogens is 364 g/mol. The summed E-state index contributed by atoms with van der Waals surface area (Å²) in [6, 6.07) is 0. The summed E-state index contributed by atoms with van der Waals surface area (Å²) in [6.45, 7) is 8.33. The highest BCUT2D eigenvalue weighted by molar-refractivity contribution is 5.89. The maximum Gasteiger partial charge on any atom is 0.311 e. The first-order valence-electron chi connectivity index (χ1n) is 11.7. The molecule has 0 amide bonds. The van der Waals surface area contributed by atoms with Crippen LogP contribution in [0.15, 0.2) is 12.2 Å². The van der Waals surface area contributed by atoms with Crippen molar-refractivity contribution in [1.82, 2.24) is 0 Å². The maximum absolute atomic E-state index is 13.5. The van der Waals surface area contributed by atoms with Gasteiger partial charge in [-0.1, -0.05) is 26.0 Å². The predicted molar refractivity (Wildman–Crippen MR) is 110 cm³/mol. The van der Waals surface area contributed by atoms with Crippen molar-refractivity contribution in [1.29, 1.82) is 0 Å². The molecule has 4 aliphatic carbocycles. The van der Waals surface area contributed by atoms with Crippen LogP contribution in [0, 0.1) is 39.9 Å². The van der Waals surface area contributed by atoms with E-state index in [1.807, 2.05) is 19.9 Å². The Hall–Kier alpha value is -1.16. The summed E-state index contributed by atoms with van der Waals surface area (Å²) in [5.74, 6) is 1.44. The molecule has 0 aromatic rings. The zero-order valence-electron chi connectivity index (χ0n) is 18.4. The summed E-state index contributed by atoms with van der Waals surface area (Å²) < 4.78 is 5.94. The Balaban J connectivity index is 1.61. The van der Waals surface area contributed by atoms with E-state index < -0.39 is 11.0 Å². The topological polar surface area (TPSA) is 63.6 Å². The Morgan fingerprint density at radius 1 is 1.00 bits per heavy atom. The SMILES string of the molecule is CC1(C)CC[C@H]2CC3C4C=C[C@]5(O)C[C@H](CC[C@]5(C)[C@H]4CC[C@]3(C)C2=O)OC1=O. The molecule has 160 valence electrons. The highest BCUT2D eigenvalue weighted by Crippen LogP contribution is 2.66. The van der Waals surface area contributed by atoms with Crippen LogP contribution >= 0.6 is 0 Å². The molecule has 7 aliphatic rings. The van der Waals surface area contributed by atoms with Crippen molar-refractivity contribution in [2.75, 3.05) is 0 Å². The van der Waals surface area contributed by atoms with Gasteiger partial charge in [0.15, 0.2) is 0 Å². The minimum atomic E-state index is -0.929. The maximum atomic E-state index is 13.5. The molecule has 1 N–H and O–H groups in total. The van der Waals surface area contributed by atoms with Crippen LogP contribution in [0.5, 0.6) is 0 Å². The number of aliphatic hydroxyl groups is 1. The molecule has 0 aromatic heterocycles. The van der Waals surface area contributed by atoms with Gasteiger partial charge in [-0.15, -0.1) is 0 Å². The molecule has 3 saturated carbocycles. The van der Waals surface area contributed by atoms with E-state index in [4.69, 9.17) is 4.74 Å². The molecule has 29 heavy (non-hydrogen) atoms. The van der Waals surface area contributed by atoms with Gasteiger partial charge in [-0.25, -0.2) is 0 Å². The Kier molecular flexibility index (Phi) is 4.07. The van der Waals surface area contributed by atoms with Gasteiger partial charge >= 0.3 is 5.97 Å². The molecular formula is C25H36O4. The fraction of sp³-hybridized carbons (Fsp3) is 0.840. The monoisotopic (exact) mass is 400 g/mol. The van der Waals surface area contributed by atoms with Crippen LogP contribution in [0.3, 0.4) is 0 Å². The van der Waals surface area contributed by atoms with Crippen molar-refractivity contribution in [3.8, 4) is 0 Å². The number of carbonyl (C=O) groups is 2. The molecule has 4 nitrogen and oxygen atoms in total. The lowest BCUT2D eigenvalue weighted by Crippen LogP contribution is -2.61. The van der Waals surface area contributed by atoms with Gasteiger partial charge < -0.3 is 9.84 Å².